The van der Waals surface area contributed by atoms with Gasteiger partial charge in [-0.2, -0.15) is 0 Å². The molecule has 2 aromatic carbocycles. The van der Waals surface area contributed by atoms with Crippen molar-refractivity contribution in [3.8, 4) is 0 Å². The van der Waals surface area contributed by atoms with Gasteiger partial charge in [0, 0.05) is 31.1 Å². The van der Waals surface area contributed by atoms with Crippen molar-refractivity contribution in [3.05, 3.63) is 70.5 Å². The van der Waals surface area contributed by atoms with Crippen LogP contribution in [0, 0.1) is 12.7 Å². The SMILES string of the molecule is Cc1ccc2c(c1)C(=O)N(CCC(=O)N(Cc1ccccc1F)C1CC1)C2=O. The average molecular weight is 380 g/mol. The third kappa shape index (κ3) is 3.42. The van der Waals surface area contributed by atoms with Crippen molar-refractivity contribution in [1.82, 2.24) is 9.80 Å². The second-order valence-electron chi connectivity index (χ2n) is 7.41. The van der Waals surface area contributed by atoms with Crippen molar-refractivity contribution in [2.45, 2.75) is 38.8 Å². The van der Waals surface area contributed by atoms with Crippen molar-refractivity contribution in [1.29, 1.82) is 0 Å². The third-order valence-corrected chi connectivity index (χ3v) is 5.28. The third-order valence-electron chi connectivity index (χ3n) is 5.28. The zero-order valence-electron chi connectivity index (χ0n) is 15.7. The van der Waals surface area contributed by atoms with Crippen LogP contribution in [0.3, 0.4) is 0 Å². The molecule has 0 N–H and O–H groups in total. The number of carbonyl (C=O) groups is 3. The molecule has 2 aromatic rings. The number of hydrogen-bond acceptors (Lipinski definition) is 3. The number of benzene rings is 2. The molecule has 0 atom stereocenters. The lowest BCUT2D eigenvalue weighted by Gasteiger charge is -2.24. The fraction of sp³-hybridized carbons (Fsp3) is 0.318. The summed E-state index contributed by atoms with van der Waals surface area (Å²) in [6.07, 6.45) is 1.83. The number of carbonyl (C=O) groups excluding carboxylic acids is 3. The van der Waals surface area contributed by atoms with Crippen molar-refractivity contribution < 1.29 is 18.8 Å². The van der Waals surface area contributed by atoms with Gasteiger partial charge in [0.25, 0.3) is 11.8 Å². The molecule has 1 fully saturated rings. The number of amides is 3. The fourth-order valence-electron chi connectivity index (χ4n) is 3.58. The number of hydrogen-bond donors (Lipinski definition) is 0. The Labute approximate surface area is 162 Å². The lowest BCUT2D eigenvalue weighted by Crippen LogP contribution is -2.37. The molecule has 0 bridgehead atoms. The molecule has 5 nitrogen and oxygen atoms in total. The summed E-state index contributed by atoms with van der Waals surface area (Å²) in [4.78, 5) is 40.7. The number of fused-ring (bicyclic) bond motifs is 1. The summed E-state index contributed by atoms with van der Waals surface area (Å²) in [6.45, 7) is 2.10. The Bertz CT molecular complexity index is 968. The van der Waals surface area contributed by atoms with Gasteiger partial charge in [0.15, 0.2) is 0 Å². The van der Waals surface area contributed by atoms with E-state index in [-0.39, 0.29) is 49.1 Å². The van der Waals surface area contributed by atoms with Crippen LogP contribution in [-0.2, 0) is 11.3 Å². The molecule has 0 unspecified atom stereocenters. The van der Waals surface area contributed by atoms with E-state index in [2.05, 4.69) is 0 Å². The predicted molar refractivity (Wildman–Crippen MR) is 101 cm³/mol. The molecule has 3 amide bonds. The van der Waals surface area contributed by atoms with Crippen molar-refractivity contribution >= 4 is 17.7 Å². The lowest BCUT2D eigenvalue weighted by atomic mass is 10.1. The highest BCUT2D eigenvalue weighted by atomic mass is 19.1. The van der Waals surface area contributed by atoms with Gasteiger partial charge in [-0.25, -0.2) is 4.39 Å². The Hall–Kier alpha value is -3.02. The van der Waals surface area contributed by atoms with Crippen LogP contribution >= 0.6 is 0 Å². The molecule has 0 radical (unpaired) electrons. The van der Waals surface area contributed by atoms with Crippen LogP contribution < -0.4 is 0 Å². The second kappa shape index (κ2) is 7.19. The summed E-state index contributed by atoms with van der Waals surface area (Å²) < 4.78 is 14.0. The van der Waals surface area contributed by atoms with E-state index < -0.39 is 0 Å². The molecule has 2 aliphatic rings. The molecule has 4 rings (SSSR count). The van der Waals surface area contributed by atoms with Gasteiger partial charge in [0.2, 0.25) is 5.91 Å². The largest absolute Gasteiger partial charge is 0.335 e. The molecule has 0 aromatic heterocycles. The topological polar surface area (TPSA) is 57.7 Å². The van der Waals surface area contributed by atoms with E-state index in [1.165, 1.54) is 6.07 Å². The molecule has 28 heavy (non-hydrogen) atoms. The Morgan fingerprint density at radius 1 is 1.11 bits per heavy atom. The highest BCUT2D eigenvalue weighted by molar-refractivity contribution is 6.21. The first-order valence-corrected chi connectivity index (χ1v) is 9.45. The maximum absolute atomic E-state index is 14.0. The number of aryl methyl sites for hydroxylation is 1. The van der Waals surface area contributed by atoms with E-state index in [9.17, 15) is 18.8 Å². The maximum atomic E-state index is 14.0. The van der Waals surface area contributed by atoms with Crippen LogP contribution in [0.4, 0.5) is 4.39 Å². The van der Waals surface area contributed by atoms with E-state index in [1.54, 1.807) is 41.3 Å². The van der Waals surface area contributed by atoms with Gasteiger partial charge in [0.05, 0.1) is 11.1 Å². The lowest BCUT2D eigenvalue weighted by molar-refractivity contribution is -0.132. The van der Waals surface area contributed by atoms with E-state index >= 15 is 0 Å². The normalized spacial score (nSPS) is 15.7. The van der Waals surface area contributed by atoms with Gasteiger partial charge in [-0.05, 0) is 38.0 Å². The Balaban J connectivity index is 1.44. The van der Waals surface area contributed by atoms with Crippen LogP contribution in [-0.4, -0.2) is 40.1 Å². The zero-order valence-corrected chi connectivity index (χ0v) is 15.7. The minimum atomic E-state index is -0.361. The van der Waals surface area contributed by atoms with Gasteiger partial charge in [-0.3, -0.25) is 19.3 Å². The molecule has 0 saturated heterocycles. The molecule has 1 heterocycles. The summed E-state index contributed by atoms with van der Waals surface area (Å²) in [7, 11) is 0. The van der Waals surface area contributed by atoms with Crippen LogP contribution in [0.25, 0.3) is 0 Å². The van der Waals surface area contributed by atoms with Crippen LogP contribution in [0.15, 0.2) is 42.5 Å². The van der Waals surface area contributed by atoms with Crippen LogP contribution in [0.5, 0.6) is 0 Å². The standard InChI is InChI=1S/C22H21FN2O3/c1-14-6-9-17-18(12-14)22(28)24(21(17)27)11-10-20(26)25(16-7-8-16)13-15-4-2-3-5-19(15)23/h2-6,9,12,16H,7-8,10-11,13H2,1H3. The first-order chi connectivity index (χ1) is 13.5. The Morgan fingerprint density at radius 3 is 2.54 bits per heavy atom. The van der Waals surface area contributed by atoms with Gasteiger partial charge >= 0.3 is 0 Å². The number of rotatable bonds is 6. The average Bonchev–Trinajstić information content (AvgIpc) is 3.48. The monoisotopic (exact) mass is 380 g/mol. The minimum Gasteiger partial charge on any atom is -0.335 e. The predicted octanol–water partition coefficient (Wildman–Crippen LogP) is 3.31. The summed E-state index contributed by atoms with van der Waals surface area (Å²) in [5.41, 5.74) is 2.15. The highest BCUT2D eigenvalue weighted by Crippen LogP contribution is 2.30. The molecule has 0 spiro atoms. The summed E-state index contributed by atoms with van der Waals surface area (Å²) in [5.74, 6) is -1.22. The van der Waals surface area contributed by atoms with Crippen LogP contribution in [0.1, 0.15) is 51.1 Å². The minimum absolute atomic E-state index is 0.0325. The number of imide groups is 1. The number of halogens is 1. The van der Waals surface area contributed by atoms with E-state index in [4.69, 9.17) is 0 Å². The Kier molecular flexibility index (Phi) is 4.71. The first kappa shape index (κ1) is 18.3. The number of nitrogens with zero attached hydrogens (tertiary/aromatic N) is 2. The molecule has 1 aliphatic carbocycles. The maximum Gasteiger partial charge on any atom is 0.261 e. The smallest absolute Gasteiger partial charge is 0.261 e. The summed E-state index contributed by atoms with van der Waals surface area (Å²) >= 11 is 0. The van der Waals surface area contributed by atoms with Gasteiger partial charge in [-0.1, -0.05) is 29.8 Å². The molecule has 1 aliphatic heterocycles. The van der Waals surface area contributed by atoms with Crippen LogP contribution in [0.2, 0.25) is 0 Å². The van der Waals surface area contributed by atoms with Gasteiger partial charge in [0.1, 0.15) is 5.82 Å². The van der Waals surface area contributed by atoms with E-state index in [0.29, 0.717) is 16.7 Å². The van der Waals surface area contributed by atoms with E-state index in [0.717, 1.165) is 23.3 Å². The molecular weight excluding hydrogens is 359 g/mol. The molecule has 144 valence electrons. The van der Waals surface area contributed by atoms with Gasteiger partial charge < -0.3 is 4.90 Å². The van der Waals surface area contributed by atoms with Crippen molar-refractivity contribution in [2.24, 2.45) is 0 Å². The second-order valence-corrected chi connectivity index (χ2v) is 7.41. The first-order valence-electron chi connectivity index (χ1n) is 9.45. The fourth-order valence-corrected chi connectivity index (χ4v) is 3.58. The Morgan fingerprint density at radius 2 is 1.82 bits per heavy atom. The summed E-state index contributed by atoms with van der Waals surface area (Å²) in [5, 5.41) is 0. The molecule has 6 heteroatoms. The molecular formula is C22H21FN2O3. The van der Waals surface area contributed by atoms with Gasteiger partial charge in [-0.15, -0.1) is 0 Å². The summed E-state index contributed by atoms with van der Waals surface area (Å²) in [6, 6.07) is 11.7. The quantitative estimate of drug-likeness (QED) is 0.723. The molecule has 1 saturated carbocycles. The van der Waals surface area contributed by atoms with E-state index in [1.807, 2.05) is 6.92 Å². The zero-order chi connectivity index (χ0) is 19.8. The van der Waals surface area contributed by atoms with Crippen molar-refractivity contribution in [2.75, 3.05) is 6.54 Å². The van der Waals surface area contributed by atoms with Crippen molar-refractivity contribution in [3.63, 3.8) is 0 Å². The highest BCUT2D eigenvalue weighted by Gasteiger charge is 2.37.